The molecule has 0 amide bonds. The van der Waals surface area contributed by atoms with E-state index in [0.29, 0.717) is 18.6 Å². The molecule has 1 aliphatic carbocycles. The van der Waals surface area contributed by atoms with E-state index in [9.17, 15) is 18.3 Å². The number of aliphatic hydroxyl groups is 1. The lowest BCUT2D eigenvalue weighted by Gasteiger charge is -2.31. The second-order valence-electron chi connectivity index (χ2n) is 5.75. The third-order valence-corrected chi connectivity index (χ3v) is 4.27. The van der Waals surface area contributed by atoms with E-state index < -0.39 is 17.8 Å². The molecule has 3 nitrogen and oxygen atoms in total. The lowest BCUT2D eigenvalue weighted by molar-refractivity contribution is -0.281. The molecule has 0 spiro atoms. The van der Waals surface area contributed by atoms with Crippen LogP contribution in [-0.4, -0.2) is 22.7 Å². The SMILES string of the molecule is O[C@@]1(C(F)(F)F)NN=C2/C(=C/c3ccccc3)CCCC[C@H]21. The van der Waals surface area contributed by atoms with Crippen LogP contribution >= 0.6 is 0 Å². The van der Waals surface area contributed by atoms with E-state index in [0.717, 1.165) is 17.6 Å². The van der Waals surface area contributed by atoms with Gasteiger partial charge in [0.2, 0.25) is 0 Å². The number of fused-ring (bicyclic) bond motifs is 1. The smallest absolute Gasteiger partial charge is 0.362 e. The summed E-state index contributed by atoms with van der Waals surface area (Å²) in [6.07, 6.45) is -0.530. The number of halogens is 3. The summed E-state index contributed by atoms with van der Waals surface area (Å²) in [5.41, 5.74) is 1.000. The maximum absolute atomic E-state index is 13.2. The molecule has 6 heteroatoms. The molecule has 0 aromatic heterocycles. The third-order valence-electron chi connectivity index (χ3n) is 4.27. The van der Waals surface area contributed by atoms with Gasteiger partial charge in [-0.15, -0.1) is 0 Å². The molecule has 1 aromatic carbocycles. The van der Waals surface area contributed by atoms with Crippen LogP contribution < -0.4 is 5.43 Å². The molecule has 0 radical (unpaired) electrons. The summed E-state index contributed by atoms with van der Waals surface area (Å²) >= 11 is 0. The molecule has 2 N–H and O–H groups in total. The lowest BCUT2D eigenvalue weighted by Crippen LogP contribution is -2.58. The zero-order chi connectivity index (χ0) is 15.8. The highest BCUT2D eigenvalue weighted by molar-refractivity contribution is 6.06. The summed E-state index contributed by atoms with van der Waals surface area (Å²) in [5, 5.41) is 13.9. The molecular formula is C16H17F3N2O. The van der Waals surface area contributed by atoms with Crippen molar-refractivity contribution in [3.8, 4) is 0 Å². The van der Waals surface area contributed by atoms with Crippen molar-refractivity contribution in [1.82, 2.24) is 5.43 Å². The zero-order valence-corrected chi connectivity index (χ0v) is 11.9. The van der Waals surface area contributed by atoms with Crippen molar-refractivity contribution in [2.75, 3.05) is 0 Å². The fourth-order valence-corrected chi connectivity index (χ4v) is 3.09. The van der Waals surface area contributed by atoms with Gasteiger partial charge in [0.1, 0.15) is 0 Å². The minimum atomic E-state index is -4.76. The van der Waals surface area contributed by atoms with Crippen LogP contribution in [0.3, 0.4) is 0 Å². The summed E-state index contributed by atoms with van der Waals surface area (Å²) in [5.74, 6) is -1.05. The molecule has 0 unspecified atom stereocenters. The third kappa shape index (κ3) is 2.52. The van der Waals surface area contributed by atoms with Crippen molar-refractivity contribution in [2.24, 2.45) is 11.0 Å². The number of alkyl halides is 3. The van der Waals surface area contributed by atoms with Gasteiger partial charge in [-0.3, -0.25) is 5.43 Å². The molecule has 3 rings (SSSR count). The Bertz CT molecular complexity index is 610. The summed E-state index contributed by atoms with van der Waals surface area (Å²) in [7, 11) is 0. The molecule has 1 saturated carbocycles. The first-order valence-electron chi connectivity index (χ1n) is 7.31. The van der Waals surface area contributed by atoms with E-state index in [2.05, 4.69) is 5.10 Å². The van der Waals surface area contributed by atoms with Crippen LogP contribution in [0.25, 0.3) is 6.08 Å². The highest BCUT2D eigenvalue weighted by Crippen LogP contribution is 2.43. The van der Waals surface area contributed by atoms with E-state index in [1.807, 2.05) is 41.8 Å². The number of nitrogens with one attached hydrogen (secondary N) is 1. The molecule has 118 valence electrons. The zero-order valence-electron chi connectivity index (χ0n) is 11.9. The Balaban J connectivity index is 1.97. The Morgan fingerprint density at radius 2 is 1.95 bits per heavy atom. The minimum absolute atomic E-state index is 0.272. The van der Waals surface area contributed by atoms with E-state index in [1.165, 1.54) is 0 Å². The highest BCUT2D eigenvalue weighted by atomic mass is 19.4. The van der Waals surface area contributed by atoms with Gasteiger partial charge in [-0.1, -0.05) is 36.8 Å². The second-order valence-corrected chi connectivity index (χ2v) is 5.75. The number of nitrogens with zero attached hydrogens (tertiary/aromatic N) is 1. The maximum atomic E-state index is 13.2. The quantitative estimate of drug-likeness (QED) is 0.834. The van der Waals surface area contributed by atoms with Gasteiger partial charge in [0, 0.05) is 0 Å². The van der Waals surface area contributed by atoms with Crippen LogP contribution in [0.5, 0.6) is 0 Å². The van der Waals surface area contributed by atoms with Crippen molar-refractivity contribution in [3.05, 3.63) is 41.5 Å². The molecule has 2 atom stereocenters. The fourth-order valence-electron chi connectivity index (χ4n) is 3.09. The van der Waals surface area contributed by atoms with Crippen molar-refractivity contribution < 1.29 is 18.3 Å². The number of hydrazone groups is 1. The largest absolute Gasteiger partial charge is 0.438 e. The molecule has 0 bridgehead atoms. The molecule has 1 aromatic rings. The van der Waals surface area contributed by atoms with Crippen LogP contribution in [0, 0.1) is 5.92 Å². The Labute approximate surface area is 126 Å². The average Bonchev–Trinajstić information content (AvgIpc) is 2.69. The monoisotopic (exact) mass is 310 g/mol. The van der Waals surface area contributed by atoms with Crippen molar-refractivity contribution >= 4 is 11.8 Å². The van der Waals surface area contributed by atoms with Crippen molar-refractivity contribution in [2.45, 2.75) is 37.6 Å². The first-order chi connectivity index (χ1) is 10.4. The molecular weight excluding hydrogens is 293 g/mol. The summed E-state index contributed by atoms with van der Waals surface area (Å²) in [6.45, 7) is 0. The maximum Gasteiger partial charge on any atom is 0.438 e. The summed E-state index contributed by atoms with van der Waals surface area (Å²) < 4.78 is 39.6. The number of allylic oxidation sites excluding steroid dienone is 1. The summed E-state index contributed by atoms with van der Waals surface area (Å²) in [6, 6.07) is 9.43. The number of hydrogen-bond acceptors (Lipinski definition) is 3. The van der Waals surface area contributed by atoms with E-state index in [1.54, 1.807) is 0 Å². The van der Waals surface area contributed by atoms with E-state index in [-0.39, 0.29) is 6.42 Å². The number of benzene rings is 1. The molecule has 1 aliphatic heterocycles. The molecule has 0 saturated heterocycles. The van der Waals surface area contributed by atoms with Gasteiger partial charge in [0.25, 0.3) is 5.72 Å². The standard InChI is InChI=1S/C16H17F3N2O/c17-16(18,19)15(22)13-9-5-4-8-12(14(13)20-21-15)10-11-6-2-1-3-7-11/h1-3,6-7,10,13,21-22H,4-5,8-9H2/b12-10+/t13-,15+/m1/s1. The summed E-state index contributed by atoms with van der Waals surface area (Å²) in [4.78, 5) is 0. The topological polar surface area (TPSA) is 44.6 Å². The van der Waals surface area contributed by atoms with Gasteiger partial charge in [0.15, 0.2) is 0 Å². The fraction of sp³-hybridized carbons (Fsp3) is 0.438. The average molecular weight is 310 g/mol. The van der Waals surface area contributed by atoms with Crippen LogP contribution in [0.15, 0.2) is 41.0 Å². The normalized spacial score (nSPS) is 30.5. The molecule has 1 fully saturated rings. The Hall–Kier alpha value is -1.82. The van der Waals surface area contributed by atoms with Gasteiger partial charge in [-0.2, -0.15) is 18.3 Å². The van der Waals surface area contributed by atoms with Crippen LogP contribution in [0.1, 0.15) is 31.2 Å². The van der Waals surface area contributed by atoms with Crippen LogP contribution in [0.4, 0.5) is 13.2 Å². The van der Waals surface area contributed by atoms with Gasteiger partial charge in [0.05, 0.1) is 11.6 Å². The van der Waals surface area contributed by atoms with Crippen molar-refractivity contribution in [3.63, 3.8) is 0 Å². The number of hydrogen-bond donors (Lipinski definition) is 2. The lowest BCUT2D eigenvalue weighted by atomic mass is 9.86. The van der Waals surface area contributed by atoms with Gasteiger partial charge in [-0.25, -0.2) is 0 Å². The molecule has 2 aliphatic rings. The second kappa shape index (κ2) is 5.43. The number of rotatable bonds is 1. The van der Waals surface area contributed by atoms with Gasteiger partial charge < -0.3 is 5.11 Å². The predicted molar refractivity (Wildman–Crippen MR) is 78.0 cm³/mol. The van der Waals surface area contributed by atoms with Crippen LogP contribution in [0.2, 0.25) is 0 Å². The van der Waals surface area contributed by atoms with E-state index in [4.69, 9.17) is 0 Å². The Morgan fingerprint density at radius 3 is 2.64 bits per heavy atom. The van der Waals surface area contributed by atoms with Crippen molar-refractivity contribution in [1.29, 1.82) is 0 Å². The van der Waals surface area contributed by atoms with E-state index >= 15 is 0 Å². The van der Waals surface area contributed by atoms with Crippen LogP contribution in [-0.2, 0) is 0 Å². The Kier molecular flexibility index (Phi) is 3.72. The predicted octanol–water partition coefficient (Wildman–Crippen LogP) is 3.47. The Morgan fingerprint density at radius 1 is 1.23 bits per heavy atom. The van der Waals surface area contributed by atoms with Gasteiger partial charge in [-0.05, 0) is 36.5 Å². The first kappa shape index (κ1) is 15.1. The highest BCUT2D eigenvalue weighted by Gasteiger charge is 2.63. The molecule has 22 heavy (non-hydrogen) atoms. The first-order valence-corrected chi connectivity index (χ1v) is 7.31. The minimum Gasteiger partial charge on any atom is -0.362 e. The molecule has 1 heterocycles. The van der Waals surface area contributed by atoms with Gasteiger partial charge >= 0.3 is 6.18 Å².